The molecule has 1 amide bonds. The summed E-state index contributed by atoms with van der Waals surface area (Å²) in [4.78, 5) is 16.8. The minimum absolute atomic E-state index is 0.293. The van der Waals surface area contributed by atoms with E-state index in [1.807, 2.05) is 38.4 Å². The zero-order valence-corrected chi connectivity index (χ0v) is 13.1. The van der Waals surface area contributed by atoms with Crippen LogP contribution >= 0.6 is 0 Å². The van der Waals surface area contributed by atoms with E-state index in [4.69, 9.17) is 0 Å². The summed E-state index contributed by atoms with van der Waals surface area (Å²) in [6.45, 7) is 1.84. The van der Waals surface area contributed by atoms with Crippen LogP contribution in [0.25, 0.3) is 0 Å². The third-order valence-corrected chi connectivity index (χ3v) is 3.18. The number of rotatable bonds is 4. The highest BCUT2D eigenvalue weighted by molar-refractivity contribution is 6.06. The van der Waals surface area contributed by atoms with Crippen LogP contribution in [0.1, 0.15) is 16.2 Å². The SMILES string of the molecule is Cc1ccc(Nc2ccn(C)n2)c(C(=O)Nc2ccn(C)n2)n1. The Balaban J connectivity index is 1.87. The molecule has 0 atom stereocenters. The second-order valence-electron chi connectivity index (χ2n) is 5.18. The highest BCUT2D eigenvalue weighted by Crippen LogP contribution is 2.20. The Morgan fingerprint density at radius 2 is 1.65 bits per heavy atom. The van der Waals surface area contributed by atoms with Crippen molar-refractivity contribution in [3.05, 3.63) is 48.0 Å². The summed E-state index contributed by atoms with van der Waals surface area (Å²) in [5, 5.41) is 14.2. The fraction of sp³-hybridized carbons (Fsp3) is 0.200. The summed E-state index contributed by atoms with van der Waals surface area (Å²) in [5.74, 6) is 0.792. The second-order valence-corrected chi connectivity index (χ2v) is 5.18. The molecule has 3 aromatic rings. The molecule has 3 rings (SSSR count). The molecule has 8 nitrogen and oxygen atoms in total. The molecule has 0 fully saturated rings. The quantitative estimate of drug-likeness (QED) is 0.767. The Morgan fingerprint density at radius 1 is 1.00 bits per heavy atom. The molecule has 0 saturated carbocycles. The maximum Gasteiger partial charge on any atom is 0.277 e. The third-order valence-electron chi connectivity index (χ3n) is 3.18. The summed E-state index contributed by atoms with van der Waals surface area (Å²) in [6.07, 6.45) is 3.57. The van der Waals surface area contributed by atoms with Crippen LogP contribution < -0.4 is 10.6 Å². The highest BCUT2D eigenvalue weighted by atomic mass is 16.2. The van der Waals surface area contributed by atoms with Crippen molar-refractivity contribution >= 4 is 23.2 Å². The molecule has 0 spiro atoms. The molecule has 0 unspecified atom stereocenters. The summed E-state index contributed by atoms with van der Waals surface area (Å²) < 4.78 is 3.30. The van der Waals surface area contributed by atoms with Crippen molar-refractivity contribution in [2.45, 2.75) is 6.92 Å². The number of anilines is 3. The van der Waals surface area contributed by atoms with Gasteiger partial charge in [-0.05, 0) is 19.1 Å². The number of amides is 1. The number of carbonyl (C=O) groups excluding carboxylic acids is 1. The molecule has 3 heterocycles. The summed E-state index contributed by atoms with van der Waals surface area (Å²) >= 11 is 0. The predicted octanol–water partition coefficient (Wildman–Crippen LogP) is 1.85. The van der Waals surface area contributed by atoms with Crippen LogP contribution in [-0.2, 0) is 14.1 Å². The lowest BCUT2D eigenvalue weighted by Crippen LogP contribution is -2.17. The molecule has 3 aromatic heterocycles. The highest BCUT2D eigenvalue weighted by Gasteiger charge is 2.16. The number of pyridine rings is 1. The summed E-state index contributed by atoms with van der Waals surface area (Å²) in [7, 11) is 3.61. The van der Waals surface area contributed by atoms with Gasteiger partial charge in [0, 0.05) is 44.3 Å². The second kappa shape index (κ2) is 5.91. The molecule has 0 aromatic carbocycles. The minimum Gasteiger partial charge on any atom is -0.337 e. The molecule has 0 saturated heterocycles. The summed E-state index contributed by atoms with van der Waals surface area (Å²) in [5.41, 5.74) is 1.63. The van der Waals surface area contributed by atoms with Crippen LogP contribution in [0.3, 0.4) is 0 Å². The van der Waals surface area contributed by atoms with E-state index in [1.165, 1.54) is 0 Å². The molecular formula is C15H17N7O. The number of hydrogen-bond acceptors (Lipinski definition) is 5. The van der Waals surface area contributed by atoms with Crippen molar-refractivity contribution in [1.29, 1.82) is 0 Å². The van der Waals surface area contributed by atoms with Gasteiger partial charge in [0.1, 0.15) is 0 Å². The van der Waals surface area contributed by atoms with Gasteiger partial charge in [-0.25, -0.2) is 4.98 Å². The number of aryl methyl sites for hydroxylation is 3. The first kappa shape index (κ1) is 14.8. The number of nitrogens with one attached hydrogen (secondary N) is 2. The molecule has 0 radical (unpaired) electrons. The Bertz CT molecular complexity index is 849. The Labute approximate surface area is 133 Å². The Morgan fingerprint density at radius 3 is 2.26 bits per heavy atom. The number of carbonyl (C=O) groups is 1. The first-order valence-electron chi connectivity index (χ1n) is 7.06. The molecular weight excluding hydrogens is 294 g/mol. The molecule has 0 aliphatic carbocycles. The van der Waals surface area contributed by atoms with Gasteiger partial charge in [0.05, 0.1) is 5.69 Å². The van der Waals surface area contributed by atoms with Crippen LogP contribution in [0.2, 0.25) is 0 Å². The van der Waals surface area contributed by atoms with Crippen molar-refractivity contribution in [2.75, 3.05) is 10.6 Å². The van der Waals surface area contributed by atoms with E-state index in [2.05, 4.69) is 25.8 Å². The van der Waals surface area contributed by atoms with Crippen molar-refractivity contribution < 1.29 is 4.79 Å². The van der Waals surface area contributed by atoms with Gasteiger partial charge in [-0.1, -0.05) is 0 Å². The van der Waals surface area contributed by atoms with Crippen LogP contribution in [0.5, 0.6) is 0 Å². The van der Waals surface area contributed by atoms with Gasteiger partial charge >= 0.3 is 0 Å². The van der Waals surface area contributed by atoms with Gasteiger partial charge < -0.3 is 10.6 Å². The van der Waals surface area contributed by atoms with Gasteiger partial charge in [0.15, 0.2) is 17.3 Å². The largest absolute Gasteiger partial charge is 0.337 e. The van der Waals surface area contributed by atoms with Crippen LogP contribution in [0, 0.1) is 6.92 Å². The predicted molar refractivity (Wildman–Crippen MR) is 86.6 cm³/mol. The Kier molecular flexibility index (Phi) is 3.80. The number of nitrogens with zero attached hydrogens (tertiary/aromatic N) is 5. The van der Waals surface area contributed by atoms with Crippen molar-refractivity contribution in [3.8, 4) is 0 Å². The van der Waals surface area contributed by atoms with E-state index in [-0.39, 0.29) is 5.91 Å². The fourth-order valence-corrected chi connectivity index (χ4v) is 2.11. The zero-order valence-electron chi connectivity index (χ0n) is 13.1. The Hall–Kier alpha value is -3.16. The van der Waals surface area contributed by atoms with Crippen LogP contribution in [0.4, 0.5) is 17.3 Å². The smallest absolute Gasteiger partial charge is 0.277 e. The van der Waals surface area contributed by atoms with Gasteiger partial charge in [0.2, 0.25) is 0 Å². The van der Waals surface area contributed by atoms with Gasteiger partial charge in [-0.3, -0.25) is 14.2 Å². The average molecular weight is 311 g/mol. The zero-order chi connectivity index (χ0) is 16.4. The molecule has 0 bridgehead atoms. The average Bonchev–Trinajstić information content (AvgIpc) is 3.09. The van der Waals surface area contributed by atoms with Crippen molar-refractivity contribution in [1.82, 2.24) is 24.5 Å². The van der Waals surface area contributed by atoms with E-state index in [9.17, 15) is 4.79 Å². The maximum absolute atomic E-state index is 12.5. The van der Waals surface area contributed by atoms with E-state index < -0.39 is 0 Å². The molecule has 0 aliphatic rings. The molecule has 8 heteroatoms. The topological polar surface area (TPSA) is 89.7 Å². The van der Waals surface area contributed by atoms with Crippen molar-refractivity contribution in [3.63, 3.8) is 0 Å². The number of hydrogen-bond donors (Lipinski definition) is 2. The first-order valence-corrected chi connectivity index (χ1v) is 7.06. The normalized spacial score (nSPS) is 10.6. The lowest BCUT2D eigenvalue weighted by Gasteiger charge is -2.10. The van der Waals surface area contributed by atoms with Gasteiger partial charge in [0.25, 0.3) is 5.91 Å². The van der Waals surface area contributed by atoms with Gasteiger partial charge in [-0.15, -0.1) is 0 Å². The lowest BCUT2D eigenvalue weighted by atomic mass is 10.2. The van der Waals surface area contributed by atoms with E-state index in [1.54, 1.807) is 28.7 Å². The van der Waals surface area contributed by atoms with Gasteiger partial charge in [-0.2, -0.15) is 10.2 Å². The third kappa shape index (κ3) is 3.37. The number of aromatic nitrogens is 5. The molecule has 2 N–H and O–H groups in total. The van der Waals surface area contributed by atoms with Crippen molar-refractivity contribution in [2.24, 2.45) is 14.1 Å². The maximum atomic E-state index is 12.5. The van der Waals surface area contributed by atoms with Crippen LogP contribution in [0.15, 0.2) is 36.7 Å². The lowest BCUT2D eigenvalue weighted by molar-refractivity contribution is 0.102. The molecule has 0 aliphatic heterocycles. The minimum atomic E-state index is -0.328. The van der Waals surface area contributed by atoms with E-state index >= 15 is 0 Å². The standard InChI is InChI=1S/C15H17N7O/c1-10-4-5-11(17-12-6-8-21(2)19-12)14(16-10)15(23)18-13-7-9-22(3)20-13/h4-9H,1-3H3,(H,17,19)(H,18,20,23). The fourth-order valence-electron chi connectivity index (χ4n) is 2.11. The van der Waals surface area contributed by atoms with E-state index in [0.29, 0.717) is 23.0 Å². The molecule has 23 heavy (non-hydrogen) atoms. The first-order chi connectivity index (χ1) is 11.0. The monoisotopic (exact) mass is 311 g/mol. The van der Waals surface area contributed by atoms with E-state index in [0.717, 1.165) is 5.69 Å². The van der Waals surface area contributed by atoms with Crippen LogP contribution in [-0.4, -0.2) is 30.5 Å². The summed E-state index contributed by atoms with van der Waals surface area (Å²) in [6, 6.07) is 7.19. The molecule has 118 valence electrons.